The van der Waals surface area contributed by atoms with E-state index in [0.717, 1.165) is 5.56 Å². The minimum Gasteiger partial charge on any atom is -0.396 e. The molecule has 0 aliphatic heterocycles. The molecule has 0 aromatic heterocycles. The summed E-state index contributed by atoms with van der Waals surface area (Å²) >= 11 is 0. The van der Waals surface area contributed by atoms with Gasteiger partial charge in [-0.15, -0.1) is 0 Å². The SMILES string of the molecule is CC(C)(CCO)NC(=O)[C@H](N)Cc1ccccc1. The van der Waals surface area contributed by atoms with Gasteiger partial charge in [-0.05, 0) is 32.3 Å². The van der Waals surface area contributed by atoms with Crippen LogP contribution in [0.2, 0.25) is 0 Å². The van der Waals surface area contributed by atoms with Crippen molar-refractivity contribution in [3.8, 4) is 0 Å². The van der Waals surface area contributed by atoms with E-state index in [1.165, 1.54) is 0 Å². The van der Waals surface area contributed by atoms with Gasteiger partial charge in [-0.1, -0.05) is 30.3 Å². The largest absolute Gasteiger partial charge is 0.396 e. The first-order valence-electron chi connectivity index (χ1n) is 6.17. The number of hydrogen-bond donors (Lipinski definition) is 3. The summed E-state index contributed by atoms with van der Waals surface area (Å²) in [7, 11) is 0. The topological polar surface area (TPSA) is 75.3 Å². The first-order valence-corrected chi connectivity index (χ1v) is 6.17. The van der Waals surface area contributed by atoms with Gasteiger partial charge < -0.3 is 16.2 Å². The van der Waals surface area contributed by atoms with Gasteiger partial charge in [-0.25, -0.2) is 0 Å². The summed E-state index contributed by atoms with van der Waals surface area (Å²) in [5, 5.41) is 11.8. The smallest absolute Gasteiger partial charge is 0.237 e. The summed E-state index contributed by atoms with van der Waals surface area (Å²) in [5.41, 5.74) is 6.49. The molecule has 0 heterocycles. The van der Waals surface area contributed by atoms with E-state index in [-0.39, 0.29) is 12.5 Å². The Morgan fingerprint density at radius 3 is 2.56 bits per heavy atom. The van der Waals surface area contributed by atoms with Crippen LogP contribution in [0.5, 0.6) is 0 Å². The molecule has 0 radical (unpaired) electrons. The molecule has 1 amide bonds. The molecule has 0 bridgehead atoms. The Bertz CT molecular complexity index is 377. The number of nitrogens with two attached hydrogens (primary N) is 1. The molecule has 1 aromatic carbocycles. The van der Waals surface area contributed by atoms with Crippen molar-refractivity contribution >= 4 is 5.91 Å². The number of carbonyl (C=O) groups is 1. The zero-order valence-electron chi connectivity index (χ0n) is 11.0. The molecular weight excluding hydrogens is 228 g/mol. The van der Waals surface area contributed by atoms with E-state index in [0.29, 0.717) is 12.8 Å². The van der Waals surface area contributed by atoms with Crippen molar-refractivity contribution in [1.29, 1.82) is 0 Å². The second-order valence-electron chi connectivity index (χ2n) is 5.14. The van der Waals surface area contributed by atoms with E-state index in [9.17, 15) is 4.79 Å². The van der Waals surface area contributed by atoms with E-state index >= 15 is 0 Å². The molecular formula is C14H22N2O2. The predicted octanol–water partition coefficient (Wildman–Crippen LogP) is 0.834. The van der Waals surface area contributed by atoms with Crippen LogP contribution in [0.25, 0.3) is 0 Å². The molecule has 18 heavy (non-hydrogen) atoms. The van der Waals surface area contributed by atoms with Crippen LogP contribution in [-0.4, -0.2) is 29.2 Å². The number of aliphatic hydroxyl groups is 1. The van der Waals surface area contributed by atoms with Gasteiger partial charge in [0.2, 0.25) is 5.91 Å². The first-order chi connectivity index (χ1) is 8.44. The van der Waals surface area contributed by atoms with Crippen LogP contribution in [0.4, 0.5) is 0 Å². The number of carbonyl (C=O) groups excluding carboxylic acids is 1. The van der Waals surface area contributed by atoms with Crippen molar-refractivity contribution < 1.29 is 9.90 Å². The average Bonchev–Trinajstić information content (AvgIpc) is 2.29. The molecule has 4 N–H and O–H groups in total. The van der Waals surface area contributed by atoms with Crippen LogP contribution in [0.15, 0.2) is 30.3 Å². The molecule has 0 aliphatic rings. The molecule has 0 unspecified atom stereocenters. The second kappa shape index (κ2) is 6.52. The third kappa shape index (κ3) is 4.85. The lowest BCUT2D eigenvalue weighted by atomic mass is 9.99. The minimum atomic E-state index is -0.564. The maximum Gasteiger partial charge on any atom is 0.237 e. The van der Waals surface area contributed by atoms with E-state index in [1.54, 1.807) is 0 Å². The van der Waals surface area contributed by atoms with Gasteiger partial charge in [0, 0.05) is 12.1 Å². The van der Waals surface area contributed by atoms with Crippen molar-refractivity contribution in [1.82, 2.24) is 5.32 Å². The maximum absolute atomic E-state index is 11.9. The fraction of sp³-hybridized carbons (Fsp3) is 0.500. The first kappa shape index (κ1) is 14.7. The van der Waals surface area contributed by atoms with Crippen LogP contribution in [0.3, 0.4) is 0 Å². The van der Waals surface area contributed by atoms with Crippen molar-refractivity contribution in [2.24, 2.45) is 5.73 Å². The highest BCUT2D eigenvalue weighted by atomic mass is 16.3. The highest BCUT2D eigenvalue weighted by molar-refractivity contribution is 5.82. The van der Waals surface area contributed by atoms with Crippen LogP contribution >= 0.6 is 0 Å². The fourth-order valence-corrected chi connectivity index (χ4v) is 1.73. The molecule has 4 heteroatoms. The summed E-state index contributed by atoms with van der Waals surface area (Å²) in [4.78, 5) is 11.9. The Kier molecular flexibility index (Phi) is 5.31. The Labute approximate surface area is 108 Å². The van der Waals surface area contributed by atoms with Gasteiger partial charge in [0.1, 0.15) is 0 Å². The quantitative estimate of drug-likeness (QED) is 0.700. The van der Waals surface area contributed by atoms with Crippen molar-refractivity contribution in [3.05, 3.63) is 35.9 Å². The van der Waals surface area contributed by atoms with Crippen molar-refractivity contribution in [2.45, 2.75) is 38.3 Å². The van der Waals surface area contributed by atoms with E-state index in [4.69, 9.17) is 10.8 Å². The summed E-state index contributed by atoms with van der Waals surface area (Å²) < 4.78 is 0. The predicted molar refractivity (Wildman–Crippen MR) is 72.0 cm³/mol. The number of rotatable bonds is 6. The molecule has 100 valence electrons. The van der Waals surface area contributed by atoms with Gasteiger partial charge in [0.15, 0.2) is 0 Å². The average molecular weight is 250 g/mol. The minimum absolute atomic E-state index is 0.0429. The van der Waals surface area contributed by atoms with Crippen molar-refractivity contribution in [3.63, 3.8) is 0 Å². The molecule has 4 nitrogen and oxygen atoms in total. The highest BCUT2D eigenvalue weighted by Crippen LogP contribution is 2.08. The molecule has 0 fully saturated rings. The third-order valence-corrected chi connectivity index (χ3v) is 2.83. The number of amides is 1. The lowest BCUT2D eigenvalue weighted by molar-refractivity contribution is -0.124. The van der Waals surface area contributed by atoms with E-state index < -0.39 is 11.6 Å². The Morgan fingerprint density at radius 1 is 1.39 bits per heavy atom. The van der Waals surface area contributed by atoms with Gasteiger partial charge >= 0.3 is 0 Å². The van der Waals surface area contributed by atoms with Gasteiger partial charge in [0.25, 0.3) is 0 Å². The number of hydrogen-bond acceptors (Lipinski definition) is 3. The molecule has 0 saturated carbocycles. The van der Waals surface area contributed by atoms with Crippen LogP contribution in [0.1, 0.15) is 25.8 Å². The Morgan fingerprint density at radius 2 is 2.00 bits per heavy atom. The Balaban J connectivity index is 2.52. The fourth-order valence-electron chi connectivity index (χ4n) is 1.73. The zero-order valence-corrected chi connectivity index (χ0v) is 11.0. The van der Waals surface area contributed by atoms with E-state index in [1.807, 2.05) is 44.2 Å². The molecule has 0 spiro atoms. The number of benzene rings is 1. The molecule has 1 aromatic rings. The van der Waals surface area contributed by atoms with Crippen LogP contribution in [-0.2, 0) is 11.2 Å². The zero-order chi connectivity index (χ0) is 13.6. The molecule has 0 saturated heterocycles. The summed E-state index contributed by atoms with van der Waals surface area (Å²) in [5.74, 6) is -0.183. The summed E-state index contributed by atoms with van der Waals surface area (Å²) in [6, 6.07) is 9.12. The number of aliphatic hydroxyl groups excluding tert-OH is 1. The van der Waals surface area contributed by atoms with Gasteiger partial charge in [-0.3, -0.25) is 4.79 Å². The van der Waals surface area contributed by atoms with Crippen LogP contribution < -0.4 is 11.1 Å². The van der Waals surface area contributed by atoms with Gasteiger partial charge in [-0.2, -0.15) is 0 Å². The standard InChI is InChI=1S/C14H22N2O2/c1-14(2,8-9-17)16-13(18)12(15)10-11-6-4-3-5-7-11/h3-7,12,17H,8-10,15H2,1-2H3,(H,16,18)/t12-/m1/s1. The highest BCUT2D eigenvalue weighted by Gasteiger charge is 2.23. The lowest BCUT2D eigenvalue weighted by Crippen LogP contribution is -2.51. The third-order valence-electron chi connectivity index (χ3n) is 2.83. The monoisotopic (exact) mass is 250 g/mol. The Hall–Kier alpha value is -1.39. The van der Waals surface area contributed by atoms with Gasteiger partial charge in [0.05, 0.1) is 6.04 Å². The molecule has 1 rings (SSSR count). The summed E-state index contributed by atoms with van der Waals surface area (Å²) in [6.45, 7) is 3.79. The van der Waals surface area contributed by atoms with Crippen molar-refractivity contribution in [2.75, 3.05) is 6.61 Å². The second-order valence-corrected chi connectivity index (χ2v) is 5.14. The van der Waals surface area contributed by atoms with E-state index in [2.05, 4.69) is 5.32 Å². The summed E-state index contributed by atoms with van der Waals surface area (Å²) in [6.07, 6.45) is 1.03. The normalized spacial score (nSPS) is 13.1. The maximum atomic E-state index is 11.9. The molecule has 0 aliphatic carbocycles. The number of nitrogens with one attached hydrogen (secondary N) is 1. The lowest BCUT2D eigenvalue weighted by Gasteiger charge is -2.27. The molecule has 1 atom stereocenters. The van der Waals surface area contributed by atoms with Crippen LogP contribution in [0, 0.1) is 0 Å².